The number of benzene rings is 1. The van der Waals surface area contributed by atoms with Crippen molar-refractivity contribution in [2.75, 3.05) is 6.54 Å². The number of aryl methyl sites for hydroxylation is 1. The van der Waals surface area contributed by atoms with Gasteiger partial charge in [-0.15, -0.1) is 23.1 Å². The van der Waals surface area contributed by atoms with Crippen molar-refractivity contribution in [3.05, 3.63) is 45.9 Å². The fourth-order valence-corrected chi connectivity index (χ4v) is 4.34. The molecule has 1 atom stereocenters. The zero-order chi connectivity index (χ0) is 18.1. The number of carbonyl (C=O) groups is 1. The van der Waals surface area contributed by atoms with Crippen molar-refractivity contribution < 1.29 is 4.79 Å². The van der Waals surface area contributed by atoms with Gasteiger partial charge in [0.05, 0.1) is 16.3 Å². The molecule has 0 saturated carbocycles. The van der Waals surface area contributed by atoms with Crippen molar-refractivity contribution in [1.82, 2.24) is 10.3 Å². The third-order valence-corrected chi connectivity index (χ3v) is 6.20. The van der Waals surface area contributed by atoms with Crippen molar-refractivity contribution in [3.8, 4) is 0 Å². The summed E-state index contributed by atoms with van der Waals surface area (Å²) in [5.41, 5.74) is 1.85. The standard InChI is InChI=1S/C20H28N2OS2/c1-4-6-9-16(5-2)12-21-20(23)18-10-7-8-11-19(18)25-14-17-13-24-15(3)22-17/h7-8,10-11,13,16H,4-6,9,12,14H2,1-3H3,(H,21,23). The lowest BCUT2D eigenvalue weighted by Gasteiger charge is -2.16. The van der Waals surface area contributed by atoms with Crippen LogP contribution >= 0.6 is 23.1 Å². The summed E-state index contributed by atoms with van der Waals surface area (Å²) in [5.74, 6) is 1.40. The minimum absolute atomic E-state index is 0.0347. The molecule has 0 aliphatic rings. The van der Waals surface area contributed by atoms with E-state index in [4.69, 9.17) is 0 Å². The molecule has 3 nitrogen and oxygen atoms in total. The lowest BCUT2D eigenvalue weighted by atomic mass is 9.99. The molecule has 1 aromatic heterocycles. The Hall–Kier alpha value is -1.33. The summed E-state index contributed by atoms with van der Waals surface area (Å²) < 4.78 is 0. The summed E-state index contributed by atoms with van der Waals surface area (Å²) in [6, 6.07) is 7.85. The Labute approximate surface area is 159 Å². The fourth-order valence-electron chi connectivity index (χ4n) is 2.68. The predicted molar refractivity (Wildman–Crippen MR) is 108 cm³/mol. The van der Waals surface area contributed by atoms with Gasteiger partial charge in [0, 0.05) is 22.6 Å². The second-order valence-electron chi connectivity index (χ2n) is 6.27. The molecule has 5 heteroatoms. The van der Waals surface area contributed by atoms with Crippen LogP contribution in [0.3, 0.4) is 0 Å². The summed E-state index contributed by atoms with van der Waals surface area (Å²) in [6.45, 7) is 7.19. The first kappa shape index (κ1) is 20.0. The van der Waals surface area contributed by atoms with Crippen molar-refractivity contribution in [3.63, 3.8) is 0 Å². The summed E-state index contributed by atoms with van der Waals surface area (Å²) in [4.78, 5) is 18.2. The maximum absolute atomic E-state index is 12.6. The number of aromatic nitrogens is 1. The number of hydrogen-bond acceptors (Lipinski definition) is 4. The lowest BCUT2D eigenvalue weighted by Crippen LogP contribution is -2.29. The molecule has 1 N–H and O–H groups in total. The first-order valence-corrected chi connectivity index (χ1v) is 10.9. The van der Waals surface area contributed by atoms with Gasteiger partial charge in [-0.3, -0.25) is 4.79 Å². The first-order chi connectivity index (χ1) is 12.1. The zero-order valence-electron chi connectivity index (χ0n) is 15.4. The Kier molecular flexibility index (Phi) is 8.49. The van der Waals surface area contributed by atoms with E-state index in [0.29, 0.717) is 5.92 Å². The minimum Gasteiger partial charge on any atom is -0.352 e. The van der Waals surface area contributed by atoms with Crippen LogP contribution in [0.2, 0.25) is 0 Å². The predicted octanol–water partition coefficient (Wildman–Crippen LogP) is 5.69. The van der Waals surface area contributed by atoms with E-state index in [9.17, 15) is 4.79 Å². The Morgan fingerprint density at radius 2 is 2.12 bits per heavy atom. The Bertz CT molecular complexity index is 669. The van der Waals surface area contributed by atoms with E-state index in [1.807, 2.05) is 31.2 Å². The van der Waals surface area contributed by atoms with Gasteiger partial charge in [-0.05, 0) is 31.4 Å². The molecule has 136 valence electrons. The Balaban J connectivity index is 1.94. The number of rotatable bonds is 10. The monoisotopic (exact) mass is 376 g/mol. The number of unbranched alkanes of at least 4 members (excludes halogenated alkanes) is 1. The Morgan fingerprint density at radius 1 is 1.32 bits per heavy atom. The highest BCUT2D eigenvalue weighted by atomic mass is 32.2. The summed E-state index contributed by atoms with van der Waals surface area (Å²) in [6.07, 6.45) is 4.74. The van der Waals surface area contributed by atoms with Crippen molar-refractivity contribution >= 4 is 29.0 Å². The van der Waals surface area contributed by atoms with Crippen molar-refractivity contribution in [2.24, 2.45) is 5.92 Å². The van der Waals surface area contributed by atoms with Gasteiger partial charge in [0.1, 0.15) is 0 Å². The largest absolute Gasteiger partial charge is 0.352 e. The van der Waals surface area contributed by atoms with E-state index in [1.54, 1.807) is 23.1 Å². The number of nitrogens with one attached hydrogen (secondary N) is 1. The molecule has 1 heterocycles. The SMILES string of the molecule is CCCCC(CC)CNC(=O)c1ccccc1SCc1csc(C)n1. The van der Waals surface area contributed by atoms with Gasteiger partial charge in [0.15, 0.2) is 0 Å². The molecule has 0 spiro atoms. The molecule has 0 aliphatic carbocycles. The van der Waals surface area contributed by atoms with Crippen LogP contribution in [0.15, 0.2) is 34.5 Å². The molecular formula is C20H28N2OS2. The molecule has 2 rings (SSSR count). The minimum atomic E-state index is 0.0347. The quantitative estimate of drug-likeness (QED) is 0.542. The van der Waals surface area contributed by atoms with E-state index in [-0.39, 0.29) is 5.91 Å². The molecule has 2 aromatic rings. The van der Waals surface area contributed by atoms with Crippen LogP contribution in [0.25, 0.3) is 0 Å². The van der Waals surface area contributed by atoms with Crippen molar-refractivity contribution in [2.45, 2.75) is 57.1 Å². The van der Waals surface area contributed by atoms with Gasteiger partial charge in [0.2, 0.25) is 0 Å². The molecule has 0 radical (unpaired) electrons. The second-order valence-corrected chi connectivity index (χ2v) is 8.35. The highest BCUT2D eigenvalue weighted by Gasteiger charge is 2.14. The fraction of sp³-hybridized carbons (Fsp3) is 0.500. The van der Waals surface area contributed by atoms with Crippen LogP contribution in [0.1, 0.15) is 60.6 Å². The van der Waals surface area contributed by atoms with Crippen LogP contribution in [0.4, 0.5) is 0 Å². The number of carbonyl (C=O) groups excluding carboxylic acids is 1. The molecule has 1 aromatic carbocycles. The van der Waals surface area contributed by atoms with Gasteiger partial charge in [-0.1, -0.05) is 45.2 Å². The lowest BCUT2D eigenvalue weighted by molar-refractivity contribution is 0.0943. The average molecular weight is 377 g/mol. The van der Waals surface area contributed by atoms with Crippen LogP contribution in [0, 0.1) is 12.8 Å². The first-order valence-electron chi connectivity index (χ1n) is 9.05. The van der Waals surface area contributed by atoms with Crippen LogP contribution in [0.5, 0.6) is 0 Å². The molecule has 0 saturated heterocycles. The molecule has 1 amide bonds. The van der Waals surface area contributed by atoms with E-state index in [1.165, 1.54) is 19.3 Å². The maximum Gasteiger partial charge on any atom is 0.252 e. The smallest absolute Gasteiger partial charge is 0.252 e. The Morgan fingerprint density at radius 3 is 2.80 bits per heavy atom. The van der Waals surface area contributed by atoms with Crippen molar-refractivity contribution in [1.29, 1.82) is 0 Å². The summed E-state index contributed by atoms with van der Waals surface area (Å²) >= 11 is 3.35. The highest BCUT2D eigenvalue weighted by Crippen LogP contribution is 2.27. The van der Waals surface area contributed by atoms with E-state index in [2.05, 4.69) is 29.5 Å². The second kappa shape index (κ2) is 10.6. The van der Waals surface area contributed by atoms with E-state index < -0.39 is 0 Å². The average Bonchev–Trinajstić information content (AvgIpc) is 3.05. The van der Waals surface area contributed by atoms with Crippen LogP contribution < -0.4 is 5.32 Å². The van der Waals surface area contributed by atoms with Crippen LogP contribution in [-0.2, 0) is 5.75 Å². The molecular weight excluding hydrogens is 348 g/mol. The molecule has 25 heavy (non-hydrogen) atoms. The third kappa shape index (κ3) is 6.48. The normalized spacial score (nSPS) is 12.1. The van der Waals surface area contributed by atoms with Crippen LogP contribution in [-0.4, -0.2) is 17.4 Å². The maximum atomic E-state index is 12.6. The van der Waals surface area contributed by atoms with Gasteiger partial charge < -0.3 is 5.32 Å². The highest BCUT2D eigenvalue weighted by molar-refractivity contribution is 7.98. The number of amides is 1. The third-order valence-electron chi connectivity index (χ3n) is 4.27. The number of hydrogen-bond donors (Lipinski definition) is 1. The number of nitrogens with zero attached hydrogens (tertiary/aromatic N) is 1. The number of thiazole rings is 1. The van der Waals surface area contributed by atoms with E-state index in [0.717, 1.165) is 39.9 Å². The number of thioether (sulfide) groups is 1. The molecule has 1 unspecified atom stereocenters. The zero-order valence-corrected chi connectivity index (χ0v) is 17.0. The molecule has 0 aliphatic heterocycles. The topological polar surface area (TPSA) is 42.0 Å². The molecule has 0 fully saturated rings. The molecule has 0 bridgehead atoms. The van der Waals surface area contributed by atoms with Gasteiger partial charge in [-0.25, -0.2) is 4.98 Å². The summed E-state index contributed by atoms with van der Waals surface area (Å²) in [7, 11) is 0. The van der Waals surface area contributed by atoms with Gasteiger partial charge in [-0.2, -0.15) is 0 Å². The summed E-state index contributed by atoms with van der Waals surface area (Å²) in [5, 5.41) is 6.31. The van der Waals surface area contributed by atoms with E-state index >= 15 is 0 Å². The van der Waals surface area contributed by atoms with Gasteiger partial charge in [0.25, 0.3) is 5.91 Å². The van der Waals surface area contributed by atoms with Gasteiger partial charge >= 0.3 is 0 Å².